The van der Waals surface area contributed by atoms with E-state index in [-0.39, 0.29) is 0 Å². The molecule has 0 amide bonds. The molecule has 58 valence electrons. The van der Waals surface area contributed by atoms with Gasteiger partial charge >= 0.3 is 0 Å². The molecule has 1 aliphatic rings. The van der Waals surface area contributed by atoms with E-state index in [4.69, 9.17) is 5.14 Å². The molecule has 0 heterocycles. The number of rotatable bonds is 3. The van der Waals surface area contributed by atoms with Gasteiger partial charge in [-0.15, -0.1) is 6.58 Å². The molecule has 2 atom stereocenters. The molecule has 1 aliphatic carbocycles. The van der Waals surface area contributed by atoms with Crippen LogP contribution in [0.5, 0.6) is 0 Å². The Labute approximate surface area is 67.2 Å². The predicted molar refractivity (Wildman–Crippen MR) is 47.7 cm³/mol. The first-order valence-electron chi connectivity index (χ1n) is 3.85. The molecular weight excluding hydrogens is 142 g/mol. The van der Waals surface area contributed by atoms with E-state index in [0.29, 0.717) is 5.25 Å². The van der Waals surface area contributed by atoms with Gasteiger partial charge in [0.05, 0.1) is 0 Å². The van der Waals surface area contributed by atoms with Gasteiger partial charge in [-0.2, -0.15) is 0 Å². The minimum atomic E-state index is 0.706. The van der Waals surface area contributed by atoms with Crippen LogP contribution in [0.25, 0.3) is 0 Å². The van der Waals surface area contributed by atoms with Gasteiger partial charge in [0.25, 0.3) is 0 Å². The molecule has 1 fully saturated rings. The van der Waals surface area contributed by atoms with Crippen LogP contribution in [0.3, 0.4) is 0 Å². The molecule has 1 saturated carbocycles. The number of hydrogen-bond acceptors (Lipinski definition) is 2. The molecule has 0 aromatic heterocycles. The zero-order chi connectivity index (χ0) is 7.40. The van der Waals surface area contributed by atoms with Crippen LogP contribution in [-0.4, -0.2) is 5.25 Å². The molecule has 0 aliphatic heterocycles. The molecule has 0 saturated heterocycles. The Balaban J connectivity index is 2.34. The van der Waals surface area contributed by atoms with Crippen molar-refractivity contribution in [2.45, 2.75) is 30.9 Å². The predicted octanol–water partition coefficient (Wildman–Crippen LogP) is 2.34. The van der Waals surface area contributed by atoms with E-state index in [1.165, 1.54) is 31.2 Å². The second kappa shape index (κ2) is 4.04. The lowest BCUT2D eigenvalue weighted by atomic mass is 10.0. The van der Waals surface area contributed by atoms with Crippen LogP contribution >= 0.6 is 11.9 Å². The summed E-state index contributed by atoms with van der Waals surface area (Å²) in [5.74, 6) is 0.812. The van der Waals surface area contributed by atoms with Gasteiger partial charge in [-0.25, -0.2) is 0 Å². The minimum absolute atomic E-state index is 0.706. The third-order valence-electron chi connectivity index (χ3n) is 2.23. The maximum absolute atomic E-state index is 5.54. The molecule has 0 radical (unpaired) electrons. The molecular formula is C8H15NS. The summed E-state index contributed by atoms with van der Waals surface area (Å²) in [6, 6.07) is 0. The smallest absolute Gasteiger partial charge is 0.0221 e. The molecule has 2 heteroatoms. The average molecular weight is 157 g/mol. The fourth-order valence-electron chi connectivity index (χ4n) is 1.67. The van der Waals surface area contributed by atoms with Gasteiger partial charge in [-0.3, -0.25) is 5.14 Å². The fourth-order valence-corrected chi connectivity index (χ4v) is 2.44. The highest BCUT2D eigenvalue weighted by Crippen LogP contribution is 2.34. The maximum atomic E-state index is 5.54. The fraction of sp³-hybridized carbons (Fsp3) is 0.750. The minimum Gasteiger partial charge on any atom is -0.278 e. The highest BCUT2D eigenvalue weighted by Gasteiger charge is 2.25. The van der Waals surface area contributed by atoms with E-state index < -0.39 is 0 Å². The van der Waals surface area contributed by atoms with E-state index in [1.807, 2.05) is 6.08 Å². The Kier molecular flexibility index (Phi) is 3.29. The lowest BCUT2D eigenvalue weighted by molar-refractivity contribution is 0.570. The van der Waals surface area contributed by atoms with Crippen LogP contribution in [0.15, 0.2) is 12.7 Å². The van der Waals surface area contributed by atoms with Crippen molar-refractivity contribution in [1.82, 2.24) is 0 Å². The third-order valence-corrected chi connectivity index (χ3v) is 3.20. The normalized spacial score (nSPS) is 32.5. The van der Waals surface area contributed by atoms with Gasteiger partial charge in [0.1, 0.15) is 0 Å². The summed E-state index contributed by atoms with van der Waals surface area (Å²) < 4.78 is 0. The first-order chi connectivity index (χ1) is 4.88. The van der Waals surface area contributed by atoms with Crippen molar-refractivity contribution in [3.8, 4) is 0 Å². The third kappa shape index (κ3) is 1.77. The highest BCUT2D eigenvalue weighted by atomic mass is 32.2. The van der Waals surface area contributed by atoms with Crippen molar-refractivity contribution in [3.63, 3.8) is 0 Å². The van der Waals surface area contributed by atoms with E-state index in [9.17, 15) is 0 Å². The Morgan fingerprint density at radius 3 is 3.00 bits per heavy atom. The van der Waals surface area contributed by atoms with Crippen molar-refractivity contribution in [2.24, 2.45) is 11.1 Å². The summed E-state index contributed by atoms with van der Waals surface area (Å²) in [6.07, 6.45) is 7.17. The molecule has 10 heavy (non-hydrogen) atoms. The van der Waals surface area contributed by atoms with E-state index in [1.54, 1.807) is 0 Å². The van der Waals surface area contributed by atoms with E-state index in [0.717, 1.165) is 12.3 Å². The monoisotopic (exact) mass is 157 g/mol. The second-order valence-corrected chi connectivity index (χ2v) is 3.77. The Hall–Kier alpha value is 0.0500. The molecule has 0 bridgehead atoms. The molecule has 1 nitrogen and oxygen atoms in total. The van der Waals surface area contributed by atoms with Crippen molar-refractivity contribution < 1.29 is 0 Å². The molecule has 0 aromatic carbocycles. The number of nitrogens with two attached hydrogens (primary N) is 1. The SMILES string of the molecule is C=CC[C@@H]1CCC[C@@H]1SN. The lowest BCUT2D eigenvalue weighted by Crippen LogP contribution is -2.11. The van der Waals surface area contributed by atoms with Gasteiger partial charge in [-0.1, -0.05) is 24.4 Å². The maximum Gasteiger partial charge on any atom is 0.0221 e. The zero-order valence-corrected chi connectivity index (χ0v) is 7.07. The standard InChI is InChI=1S/C8H15NS/c1-2-4-7-5-3-6-8(7)10-9/h2,7-8H,1,3-6,9H2/t7-,8+/m1/s1. The van der Waals surface area contributed by atoms with Crippen LogP contribution in [0.4, 0.5) is 0 Å². The van der Waals surface area contributed by atoms with Gasteiger partial charge in [0.15, 0.2) is 0 Å². The summed E-state index contributed by atoms with van der Waals surface area (Å²) in [5, 5.41) is 6.24. The van der Waals surface area contributed by atoms with Gasteiger partial charge < -0.3 is 0 Å². The lowest BCUT2D eigenvalue weighted by Gasteiger charge is -2.13. The first kappa shape index (κ1) is 8.15. The van der Waals surface area contributed by atoms with Crippen molar-refractivity contribution in [3.05, 3.63) is 12.7 Å². The Morgan fingerprint density at radius 2 is 2.40 bits per heavy atom. The Bertz CT molecular complexity index is 114. The average Bonchev–Trinajstić information content (AvgIpc) is 2.36. The van der Waals surface area contributed by atoms with Crippen LogP contribution in [0.1, 0.15) is 25.7 Å². The van der Waals surface area contributed by atoms with Crippen LogP contribution in [0, 0.1) is 5.92 Å². The van der Waals surface area contributed by atoms with E-state index in [2.05, 4.69) is 6.58 Å². The quantitative estimate of drug-likeness (QED) is 0.502. The zero-order valence-electron chi connectivity index (χ0n) is 6.25. The summed E-state index contributed by atoms with van der Waals surface area (Å²) in [4.78, 5) is 0. The molecule has 0 spiro atoms. The highest BCUT2D eigenvalue weighted by molar-refractivity contribution is 7.97. The number of hydrogen-bond donors (Lipinski definition) is 1. The Morgan fingerprint density at radius 1 is 1.60 bits per heavy atom. The molecule has 0 unspecified atom stereocenters. The van der Waals surface area contributed by atoms with Gasteiger partial charge in [0.2, 0.25) is 0 Å². The first-order valence-corrected chi connectivity index (χ1v) is 4.79. The molecule has 0 aromatic rings. The number of allylic oxidation sites excluding steroid dienone is 1. The van der Waals surface area contributed by atoms with Crippen molar-refractivity contribution >= 4 is 11.9 Å². The topological polar surface area (TPSA) is 26.0 Å². The largest absolute Gasteiger partial charge is 0.278 e. The summed E-state index contributed by atoms with van der Waals surface area (Å²) in [5.41, 5.74) is 0. The van der Waals surface area contributed by atoms with Gasteiger partial charge in [-0.05, 0) is 25.2 Å². The van der Waals surface area contributed by atoms with E-state index >= 15 is 0 Å². The van der Waals surface area contributed by atoms with Crippen LogP contribution < -0.4 is 5.14 Å². The van der Waals surface area contributed by atoms with Crippen molar-refractivity contribution in [2.75, 3.05) is 0 Å². The molecule has 2 N–H and O–H groups in total. The van der Waals surface area contributed by atoms with Crippen LogP contribution in [-0.2, 0) is 0 Å². The second-order valence-electron chi connectivity index (χ2n) is 2.89. The van der Waals surface area contributed by atoms with Crippen LogP contribution in [0.2, 0.25) is 0 Å². The summed E-state index contributed by atoms with van der Waals surface area (Å²) in [7, 11) is 0. The summed E-state index contributed by atoms with van der Waals surface area (Å²) in [6.45, 7) is 3.74. The summed E-state index contributed by atoms with van der Waals surface area (Å²) >= 11 is 1.53. The molecule has 1 rings (SSSR count). The van der Waals surface area contributed by atoms with Crippen molar-refractivity contribution in [1.29, 1.82) is 0 Å². The van der Waals surface area contributed by atoms with Gasteiger partial charge in [0, 0.05) is 5.25 Å².